The zero-order valence-corrected chi connectivity index (χ0v) is 15.0. The lowest BCUT2D eigenvalue weighted by Crippen LogP contribution is -2.12. The summed E-state index contributed by atoms with van der Waals surface area (Å²) in [6, 6.07) is 5.14. The van der Waals surface area contributed by atoms with Crippen molar-refractivity contribution in [3.8, 4) is 11.3 Å². The van der Waals surface area contributed by atoms with E-state index < -0.39 is 0 Å². The summed E-state index contributed by atoms with van der Waals surface area (Å²) in [4.78, 5) is 21.2. The first-order chi connectivity index (χ1) is 11.5. The predicted molar refractivity (Wildman–Crippen MR) is 95.8 cm³/mol. The Bertz CT molecular complexity index is 876. The highest BCUT2D eigenvalue weighted by atomic mass is 35.5. The lowest BCUT2D eigenvalue weighted by molar-refractivity contribution is -0.116. The van der Waals surface area contributed by atoms with Gasteiger partial charge in [-0.05, 0) is 25.1 Å². The first-order valence-electron chi connectivity index (χ1n) is 7.13. The maximum Gasteiger partial charge on any atom is 0.226 e. The second-order valence-electron chi connectivity index (χ2n) is 5.07. The molecule has 0 spiro atoms. The van der Waals surface area contributed by atoms with E-state index in [2.05, 4.69) is 15.3 Å². The zero-order valence-electron chi connectivity index (χ0n) is 12.7. The second-order valence-corrected chi connectivity index (χ2v) is 7.15. The van der Waals surface area contributed by atoms with Gasteiger partial charge >= 0.3 is 0 Å². The molecule has 5 nitrogen and oxygen atoms in total. The molecule has 0 fully saturated rings. The summed E-state index contributed by atoms with van der Waals surface area (Å²) in [7, 11) is 0. The lowest BCUT2D eigenvalue weighted by atomic mass is 10.2. The van der Waals surface area contributed by atoms with Crippen molar-refractivity contribution in [1.29, 1.82) is 0 Å². The number of thiazole rings is 1. The average Bonchev–Trinajstić information content (AvgIpc) is 3.14. The maximum atomic E-state index is 11.9. The molecule has 0 aliphatic carbocycles. The van der Waals surface area contributed by atoms with Gasteiger partial charge in [0.1, 0.15) is 0 Å². The van der Waals surface area contributed by atoms with E-state index in [0.717, 1.165) is 4.88 Å². The van der Waals surface area contributed by atoms with Crippen molar-refractivity contribution in [2.45, 2.75) is 19.8 Å². The topological polar surface area (TPSA) is 68.0 Å². The van der Waals surface area contributed by atoms with Crippen LogP contribution in [0.1, 0.15) is 17.2 Å². The highest BCUT2D eigenvalue weighted by molar-refractivity contribution is 7.15. The monoisotopic (exact) mass is 381 g/mol. The van der Waals surface area contributed by atoms with E-state index in [0.29, 0.717) is 38.8 Å². The summed E-state index contributed by atoms with van der Waals surface area (Å²) in [5.74, 6) is 0.887. The first-order valence-corrected chi connectivity index (χ1v) is 8.71. The summed E-state index contributed by atoms with van der Waals surface area (Å²) in [5.41, 5.74) is 0.711. The number of rotatable bonds is 5. The third-order valence-electron chi connectivity index (χ3n) is 3.18. The summed E-state index contributed by atoms with van der Waals surface area (Å²) in [6.07, 6.45) is 3.96. The number of carbonyl (C=O) groups is 1. The Morgan fingerprint density at radius 2 is 2.12 bits per heavy atom. The molecule has 24 heavy (non-hydrogen) atoms. The molecule has 3 rings (SSSR count). The molecule has 2 aromatic heterocycles. The number of oxazole rings is 1. The molecular weight excluding hydrogens is 369 g/mol. The molecule has 0 aliphatic heterocycles. The van der Waals surface area contributed by atoms with E-state index in [1.54, 1.807) is 30.6 Å². The van der Waals surface area contributed by atoms with Crippen LogP contribution in [0, 0.1) is 6.92 Å². The highest BCUT2D eigenvalue weighted by Crippen LogP contribution is 2.30. The highest BCUT2D eigenvalue weighted by Gasteiger charge is 2.12. The number of nitrogens with zero attached hydrogens (tertiary/aromatic N) is 2. The molecule has 1 aromatic carbocycles. The van der Waals surface area contributed by atoms with Crippen LogP contribution in [0.3, 0.4) is 0 Å². The molecule has 0 atom stereocenters. The van der Waals surface area contributed by atoms with Crippen LogP contribution in [0.25, 0.3) is 11.3 Å². The first kappa shape index (κ1) is 17.0. The molecule has 124 valence electrons. The summed E-state index contributed by atoms with van der Waals surface area (Å²) >= 11 is 13.5. The lowest BCUT2D eigenvalue weighted by Gasteiger charge is -2.01. The zero-order chi connectivity index (χ0) is 17.1. The summed E-state index contributed by atoms with van der Waals surface area (Å²) < 4.78 is 5.66. The van der Waals surface area contributed by atoms with Crippen LogP contribution in [0.4, 0.5) is 5.13 Å². The van der Waals surface area contributed by atoms with Gasteiger partial charge in [0.15, 0.2) is 16.8 Å². The van der Waals surface area contributed by atoms with Crippen LogP contribution in [0.5, 0.6) is 0 Å². The molecular formula is C16H13Cl2N3O2S. The van der Waals surface area contributed by atoms with E-state index in [1.165, 1.54) is 11.3 Å². The minimum absolute atomic E-state index is 0.131. The van der Waals surface area contributed by atoms with Gasteiger partial charge in [-0.2, -0.15) is 0 Å². The van der Waals surface area contributed by atoms with Gasteiger partial charge in [0, 0.05) is 34.5 Å². The number of aromatic nitrogens is 2. The molecule has 2 heterocycles. The number of carbonyl (C=O) groups excluding carboxylic acids is 1. The number of anilines is 1. The van der Waals surface area contributed by atoms with Gasteiger partial charge in [-0.15, -0.1) is 11.3 Å². The third kappa shape index (κ3) is 4.14. The van der Waals surface area contributed by atoms with Gasteiger partial charge in [0.05, 0.1) is 11.2 Å². The number of aryl methyl sites for hydroxylation is 2. The molecule has 0 radical (unpaired) electrons. The van der Waals surface area contributed by atoms with Gasteiger partial charge in [0.25, 0.3) is 0 Å². The van der Waals surface area contributed by atoms with Gasteiger partial charge in [0.2, 0.25) is 5.91 Å². The maximum absolute atomic E-state index is 11.9. The van der Waals surface area contributed by atoms with Crippen LogP contribution >= 0.6 is 34.5 Å². The molecule has 0 bridgehead atoms. The molecule has 3 aromatic rings. The van der Waals surface area contributed by atoms with Crippen LogP contribution in [0.2, 0.25) is 10.0 Å². The standard InChI is InChI=1S/C16H13Cl2N3O2S/c1-9-7-20-16(24-9)21-14(22)4-5-15-19-8-13(23-15)11-3-2-10(17)6-12(11)18/h2-3,6-8H,4-5H2,1H3,(H,20,21,22). The van der Waals surface area contributed by atoms with Crippen molar-refractivity contribution in [3.05, 3.63) is 51.4 Å². The molecule has 0 aliphatic rings. The molecule has 1 amide bonds. The van der Waals surface area contributed by atoms with Crippen molar-refractivity contribution >= 4 is 45.6 Å². The van der Waals surface area contributed by atoms with Crippen LogP contribution in [-0.2, 0) is 11.2 Å². The Balaban J connectivity index is 1.60. The van der Waals surface area contributed by atoms with Gasteiger partial charge in [-0.3, -0.25) is 4.79 Å². The van der Waals surface area contributed by atoms with E-state index in [9.17, 15) is 4.79 Å². The van der Waals surface area contributed by atoms with Crippen molar-refractivity contribution < 1.29 is 9.21 Å². The molecule has 0 saturated heterocycles. The largest absolute Gasteiger partial charge is 0.441 e. The molecule has 0 saturated carbocycles. The number of benzene rings is 1. The quantitative estimate of drug-likeness (QED) is 0.676. The molecule has 1 N–H and O–H groups in total. The van der Waals surface area contributed by atoms with E-state index in [4.69, 9.17) is 27.6 Å². The van der Waals surface area contributed by atoms with Gasteiger partial charge in [-0.25, -0.2) is 9.97 Å². The fourth-order valence-corrected chi connectivity index (χ4v) is 3.24. The van der Waals surface area contributed by atoms with Crippen molar-refractivity contribution in [3.63, 3.8) is 0 Å². The molecule has 0 unspecified atom stereocenters. The van der Waals surface area contributed by atoms with Gasteiger partial charge < -0.3 is 9.73 Å². The number of hydrogen-bond donors (Lipinski definition) is 1. The molecule has 8 heteroatoms. The third-order valence-corrected chi connectivity index (χ3v) is 4.56. The Kier molecular flexibility index (Phi) is 5.18. The number of nitrogens with one attached hydrogen (secondary N) is 1. The smallest absolute Gasteiger partial charge is 0.226 e. The van der Waals surface area contributed by atoms with E-state index >= 15 is 0 Å². The Hall–Kier alpha value is -1.89. The SMILES string of the molecule is Cc1cnc(NC(=O)CCc2ncc(-c3ccc(Cl)cc3Cl)o2)s1. The van der Waals surface area contributed by atoms with E-state index in [-0.39, 0.29) is 12.3 Å². The fourth-order valence-electron chi connectivity index (χ4n) is 2.05. The average molecular weight is 382 g/mol. The minimum Gasteiger partial charge on any atom is -0.441 e. The van der Waals surface area contributed by atoms with Crippen molar-refractivity contribution in [2.24, 2.45) is 0 Å². The van der Waals surface area contributed by atoms with Crippen LogP contribution in [0.15, 0.2) is 35.0 Å². The van der Waals surface area contributed by atoms with E-state index in [1.807, 2.05) is 6.92 Å². The normalized spacial score (nSPS) is 10.8. The number of hydrogen-bond acceptors (Lipinski definition) is 5. The predicted octanol–water partition coefficient (Wildman–Crippen LogP) is 4.98. The fraction of sp³-hybridized carbons (Fsp3) is 0.188. The Labute approximate surface area is 152 Å². The second kappa shape index (κ2) is 7.34. The summed E-state index contributed by atoms with van der Waals surface area (Å²) in [6.45, 7) is 1.93. The van der Waals surface area contributed by atoms with Crippen molar-refractivity contribution in [1.82, 2.24) is 9.97 Å². The Morgan fingerprint density at radius 3 is 2.83 bits per heavy atom. The number of amides is 1. The number of halogens is 2. The minimum atomic E-state index is -0.131. The van der Waals surface area contributed by atoms with Crippen LogP contribution in [-0.4, -0.2) is 15.9 Å². The Morgan fingerprint density at radius 1 is 1.29 bits per heavy atom. The van der Waals surface area contributed by atoms with Crippen molar-refractivity contribution in [2.75, 3.05) is 5.32 Å². The van der Waals surface area contributed by atoms with Crippen LogP contribution < -0.4 is 5.32 Å². The van der Waals surface area contributed by atoms with Gasteiger partial charge in [-0.1, -0.05) is 23.2 Å². The summed E-state index contributed by atoms with van der Waals surface area (Å²) in [5, 5.41) is 4.39.